The van der Waals surface area contributed by atoms with Crippen LogP contribution >= 0.6 is 0 Å². The van der Waals surface area contributed by atoms with Crippen LogP contribution in [0.2, 0.25) is 0 Å². The molecule has 0 radical (unpaired) electrons. The lowest BCUT2D eigenvalue weighted by Crippen LogP contribution is -2.23. The third-order valence-electron chi connectivity index (χ3n) is 4.49. The molecule has 0 aliphatic heterocycles. The molecule has 0 aliphatic rings. The van der Waals surface area contributed by atoms with Crippen LogP contribution < -0.4 is 16.0 Å². The van der Waals surface area contributed by atoms with Gasteiger partial charge in [0.25, 0.3) is 5.91 Å². The van der Waals surface area contributed by atoms with Crippen LogP contribution in [0.4, 0.5) is 11.4 Å². The number of aromatic amines is 1. The number of benzene rings is 2. The first-order valence-corrected chi connectivity index (χ1v) is 9.43. The van der Waals surface area contributed by atoms with Crippen LogP contribution in [0.1, 0.15) is 37.0 Å². The van der Waals surface area contributed by atoms with Gasteiger partial charge >= 0.3 is 5.76 Å². The number of carbonyl (C=O) groups excluding carboxylic acids is 1. The predicted molar refractivity (Wildman–Crippen MR) is 110 cm³/mol. The summed E-state index contributed by atoms with van der Waals surface area (Å²) in [6.07, 6.45) is 2.29. The average Bonchev–Trinajstić information content (AvgIpc) is 3.15. The molecule has 3 aromatic rings. The Balaban J connectivity index is 1.70. The third-order valence-corrected chi connectivity index (χ3v) is 4.49. The summed E-state index contributed by atoms with van der Waals surface area (Å²) in [7, 11) is 0. The second-order valence-corrected chi connectivity index (χ2v) is 6.46. The van der Waals surface area contributed by atoms with Crippen LogP contribution in [0.25, 0.3) is 11.4 Å². The first-order valence-electron chi connectivity index (χ1n) is 9.43. The van der Waals surface area contributed by atoms with Crippen molar-refractivity contribution in [2.75, 3.05) is 23.3 Å². The van der Waals surface area contributed by atoms with E-state index in [2.05, 4.69) is 38.7 Å². The molecule has 7 heteroatoms. The molecule has 2 N–H and O–H groups in total. The van der Waals surface area contributed by atoms with Crippen molar-refractivity contribution in [3.63, 3.8) is 0 Å². The monoisotopic (exact) mass is 380 g/mol. The number of nitrogens with one attached hydrogen (secondary N) is 2. The summed E-state index contributed by atoms with van der Waals surface area (Å²) in [5, 5.41) is 6.53. The summed E-state index contributed by atoms with van der Waals surface area (Å²) >= 11 is 0. The second kappa shape index (κ2) is 9.03. The molecule has 0 aliphatic carbocycles. The molecule has 1 heterocycles. The maximum absolute atomic E-state index is 12.6. The number of unbranched alkanes of at least 4 members (excludes halogenated alkanes) is 1. The molecule has 0 saturated carbocycles. The summed E-state index contributed by atoms with van der Waals surface area (Å²) in [5.41, 5.74) is 2.95. The molecule has 0 atom stereocenters. The van der Waals surface area contributed by atoms with Gasteiger partial charge in [-0.3, -0.25) is 14.3 Å². The molecule has 0 bridgehead atoms. The van der Waals surface area contributed by atoms with E-state index >= 15 is 0 Å². The van der Waals surface area contributed by atoms with Gasteiger partial charge < -0.3 is 10.2 Å². The fourth-order valence-corrected chi connectivity index (χ4v) is 2.94. The van der Waals surface area contributed by atoms with Crippen molar-refractivity contribution in [2.45, 2.75) is 26.7 Å². The Morgan fingerprint density at radius 1 is 1.18 bits per heavy atom. The topological polar surface area (TPSA) is 91.2 Å². The number of nitrogens with zero attached hydrogens (tertiary/aromatic N) is 2. The van der Waals surface area contributed by atoms with Crippen molar-refractivity contribution in [1.29, 1.82) is 0 Å². The lowest BCUT2D eigenvalue weighted by atomic mass is 10.1. The average molecular weight is 380 g/mol. The van der Waals surface area contributed by atoms with Crippen LogP contribution in [-0.2, 0) is 0 Å². The van der Waals surface area contributed by atoms with Crippen LogP contribution in [-0.4, -0.2) is 29.1 Å². The van der Waals surface area contributed by atoms with Crippen LogP contribution in [0, 0.1) is 0 Å². The van der Waals surface area contributed by atoms with E-state index in [1.165, 1.54) is 0 Å². The van der Waals surface area contributed by atoms with E-state index in [1.54, 1.807) is 24.3 Å². The standard InChI is InChI=1S/C21H24N4O3/c1-3-5-13-25(4-2)18-11-9-15(10-12-18)20(26)22-17-8-6-7-16(14-17)19-23-21(27)28-24-19/h6-12,14H,3-5,13H2,1-2H3,(H,22,26)(H,23,24,27). The van der Waals surface area contributed by atoms with Crippen molar-refractivity contribution in [3.05, 3.63) is 64.6 Å². The van der Waals surface area contributed by atoms with Gasteiger partial charge in [-0.15, -0.1) is 0 Å². The molecular formula is C21H24N4O3. The minimum Gasteiger partial charge on any atom is -0.372 e. The van der Waals surface area contributed by atoms with E-state index in [1.807, 2.05) is 24.3 Å². The Morgan fingerprint density at radius 2 is 1.96 bits per heavy atom. The maximum atomic E-state index is 12.6. The van der Waals surface area contributed by atoms with Crippen LogP contribution in [0.3, 0.4) is 0 Å². The highest BCUT2D eigenvalue weighted by Gasteiger charge is 2.10. The number of hydrogen-bond donors (Lipinski definition) is 2. The molecule has 1 aromatic heterocycles. The highest BCUT2D eigenvalue weighted by atomic mass is 16.5. The normalized spacial score (nSPS) is 10.6. The second-order valence-electron chi connectivity index (χ2n) is 6.46. The fraction of sp³-hybridized carbons (Fsp3) is 0.286. The van der Waals surface area contributed by atoms with Gasteiger partial charge in [0.05, 0.1) is 0 Å². The van der Waals surface area contributed by atoms with E-state index in [0.29, 0.717) is 22.6 Å². The maximum Gasteiger partial charge on any atom is 0.439 e. The Kier molecular flexibility index (Phi) is 6.26. The number of anilines is 2. The number of H-pyrrole nitrogens is 1. The smallest absolute Gasteiger partial charge is 0.372 e. The largest absolute Gasteiger partial charge is 0.439 e. The zero-order valence-electron chi connectivity index (χ0n) is 16.1. The predicted octanol–water partition coefficient (Wildman–Crippen LogP) is 3.91. The molecule has 28 heavy (non-hydrogen) atoms. The van der Waals surface area contributed by atoms with E-state index in [9.17, 15) is 9.59 Å². The van der Waals surface area contributed by atoms with Crippen LogP contribution in [0.5, 0.6) is 0 Å². The van der Waals surface area contributed by atoms with Crippen molar-refractivity contribution >= 4 is 17.3 Å². The zero-order valence-corrected chi connectivity index (χ0v) is 16.1. The molecule has 2 aromatic carbocycles. The molecule has 0 fully saturated rings. The first kappa shape index (κ1) is 19.4. The minimum atomic E-state index is -0.621. The molecule has 0 unspecified atom stereocenters. The Hall–Kier alpha value is -3.35. The Morgan fingerprint density at radius 3 is 2.61 bits per heavy atom. The third kappa shape index (κ3) is 4.68. The van der Waals surface area contributed by atoms with Gasteiger partial charge in [-0.2, -0.15) is 0 Å². The highest BCUT2D eigenvalue weighted by Crippen LogP contribution is 2.20. The SMILES string of the molecule is CCCCN(CC)c1ccc(C(=O)Nc2cccc(-c3noc(=O)[nH]3)c2)cc1. The van der Waals surface area contributed by atoms with E-state index in [0.717, 1.165) is 31.6 Å². The summed E-state index contributed by atoms with van der Waals surface area (Å²) in [4.78, 5) is 28.5. The van der Waals surface area contributed by atoms with Gasteiger partial charge in [0.15, 0.2) is 5.82 Å². The fourth-order valence-electron chi connectivity index (χ4n) is 2.94. The summed E-state index contributed by atoms with van der Waals surface area (Å²) in [6, 6.07) is 14.7. The molecule has 1 amide bonds. The van der Waals surface area contributed by atoms with Crippen molar-refractivity contribution < 1.29 is 9.32 Å². The number of hydrogen-bond acceptors (Lipinski definition) is 5. The van der Waals surface area contributed by atoms with E-state index < -0.39 is 5.76 Å². The van der Waals surface area contributed by atoms with Gasteiger partial charge in [0.2, 0.25) is 0 Å². The van der Waals surface area contributed by atoms with E-state index in [-0.39, 0.29) is 5.91 Å². The van der Waals surface area contributed by atoms with Crippen molar-refractivity contribution in [3.8, 4) is 11.4 Å². The van der Waals surface area contributed by atoms with Gasteiger partial charge in [-0.1, -0.05) is 30.6 Å². The highest BCUT2D eigenvalue weighted by molar-refractivity contribution is 6.04. The number of amides is 1. The van der Waals surface area contributed by atoms with Gasteiger partial charge in [-0.25, -0.2) is 4.79 Å². The summed E-state index contributed by atoms with van der Waals surface area (Å²) in [6.45, 7) is 6.25. The molecule has 146 valence electrons. The number of carbonyl (C=O) groups is 1. The quantitative estimate of drug-likeness (QED) is 0.618. The lowest BCUT2D eigenvalue weighted by molar-refractivity contribution is 0.102. The van der Waals surface area contributed by atoms with Crippen LogP contribution in [0.15, 0.2) is 57.8 Å². The Bertz CT molecular complexity index is 976. The molecule has 0 saturated heterocycles. The number of aromatic nitrogens is 2. The van der Waals surface area contributed by atoms with Crippen molar-refractivity contribution in [2.24, 2.45) is 0 Å². The van der Waals surface area contributed by atoms with Crippen molar-refractivity contribution in [1.82, 2.24) is 10.1 Å². The summed E-state index contributed by atoms with van der Waals surface area (Å²) in [5.74, 6) is -0.504. The number of rotatable bonds is 8. The van der Waals surface area contributed by atoms with Gasteiger partial charge in [0, 0.05) is 35.6 Å². The first-order chi connectivity index (χ1) is 13.6. The summed E-state index contributed by atoms with van der Waals surface area (Å²) < 4.78 is 4.52. The minimum absolute atomic E-state index is 0.200. The lowest BCUT2D eigenvalue weighted by Gasteiger charge is -2.23. The molecule has 7 nitrogen and oxygen atoms in total. The molecular weight excluding hydrogens is 356 g/mol. The van der Waals surface area contributed by atoms with Gasteiger partial charge in [-0.05, 0) is 49.7 Å². The zero-order chi connectivity index (χ0) is 19.9. The van der Waals surface area contributed by atoms with Gasteiger partial charge in [0.1, 0.15) is 0 Å². The van der Waals surface area contributed by atoms with E-state index in [4.69, 9.17) is 0 Å². The molecule has 3 rings (SSSR count). The molecule has 0 spiro atoms. The Labute approximate surface area is 163 Å².